The molecule has 132 valence electrons. The lowest BCUT2D eigenvalue weighted by Gasteiger charge is -2.10. The average Bonchev–Trinajstić information content (AvgIpc) is 2.62. The smallest absolute Gasteiger partial charge is 0.256 e. The van der Waals surface area contributed by atoms with Gasteiger partial charge in [-0.2, -0.15) is 0 Å². The number of carbonyl (C=O) groups is 2. The molecule has 0 aromatic heterocycles. The minimum Gasteiger partial charge on any atom is -0.383 e. The van der Waals surface area contributed by atoms with Crippen LogP contribution in [0.5, 0.6) is 0 Å². The standard InChI is InChI=1S/C18H19FN2O3S/c1-24-11-10-20-17(22)12-25-16-9-5-2-6-13(16)18(23)21-15-8-4-3-7-14(15)19/h2-9H,10-12H2,1H3,(H,20,22)(H,21,23). The number of hydrogen-bond acceptors (Lipinski definition) is 4. The van der Waals surface area contributed by atoms with Gasteiger partial charge in [0.25, 0.3) is 5.91 Å². The van der Waals surface area contributed by atoms with Crippen molar-refractivity contribution < 1.29 is 18.7 Å². The highest BCUT2D eigenvalue weighted by Gasteiger charge is 2.14. The number of nitrogens with one attached hydrogen (secondary N) is 2. The summed E-state index contributed by atoms with van der Waals surface area (Å²) in [4.78, 5) is 24.9. The van der Waals surface area contributed by atoms with Crippen LogP contribution in [0, 0.1) is 5.82 Å². The van der Waals surface area contributed by atoms with Gasteiger partial charge in [0.05, 0.1) is 23.6 Å². The van der Waals surface area contributed by atoms with Crippen LogP contribution in [-0.2, 0) is 9.53 Å². The molecule has 0 aliphatic rings. The Labute approximate surface area is 150 Å². The minimum atomic E-state index is -0.501. The van der Waals surface area contributed by atoms with Crippen LogP contribution in [0.1, 0.15) is 10.4 Å². The Morgan fingerprint density at radius 2 is 1.84 bits per heavy atom. The zero-order chi connectivity index (χ0) is 18.1. The van der Waals surface area contributed by atoms with E-state index in [9.17, 15) is 14.0 Å². The van der Waals surface area contributed by atoms with Crippen LogP contribution in [-0.4, -0.2) is 37.8 Å². The topological polar surface area (TPSA) is 67.4 Å². The molecule has 0 aliphatic carbocycles. The van der Waals surface area contributed by atoms with E-state index in [4.69, 9.17) is 4.74 Å². The van der Waals surface area contributed by atoms with E-state index in [2.05, 4.69) is 10.6 Å². The Bertz CT molecular complexity index is 740. The second-order valence-corrected chi connectivity index (χ2v) is 6.08. The minimum absolute atomic E-state index is 0.115. The molecule has 2 aromatic rings. The summed E-state index contributed by atoms with van der Waals surface area (Å²) in [6, 6.07) is 12.9. The molecular formula is C18H19FN2O3S. The molecule has 5 nitrogen and oxygen atoms in total. The number of hydrogen-bond donors (Lipinski definition) is 2. The summed E-state index contributed by atoms with van der Waals surface area (Å²) in [7, 11) is 1.56. The summed E-state index contributed by atoms with van der Waals surface area (Å²) in [5.74, 6) is -0.897. The summed E-state index contributed by atoms with van der Waals surface area (Å²) >= 11 is 1.25. The largest absolute Gasteiger partial charge is 0.383 e. The second kappa shape index (κ2) is 9.80. The zero-order valence-corrected chi connectivity index (χ0v) is 14.6. The Hall–Kier alpha value is -2.38. The Balaban J connectivity index is 2.01. The van der Waals surface area contributed by atoms with Crippen molar-refractivity contribution >= 4 is 29.3 Å². The van der Waals surface area contributed by atoms with Gasteiger partial charge in [-0.1, -0.05) is 24.3 Å². The van der Waals surface area contributed by atoms with E-state index in [0.29, 0.717) is 23.6 Å². The molecule has 0 atom stereocenters. The average molecular weight is 362 g/mol. The van der Waals surface area contributed by atoms with Crippen LogP contribution in [0.15, 0.2) is 53.4 Å². The van der Waals surface area contributed by atoms with Crippen molar-refractivity contribution in [1.82, 2.24) is 5.32 Å². The van der Waals surface area contributed by atoms with Gasteiger partial charge in [0, 0.05) is 18.6 Å². The number of carbonyl (C=O) groups excluding carboxylic acids is 2. The molecule has 0 aliphatic heterocycles. The summed E-state index contributed by atoms with van der Waals surface area (Å²) in [6.07, 6.45) is 0. The normalized spacial score (nSPS) is 10.3. The molecule has 2 aromatic carbocycles. The lowest BCUT2D eigenvalue weighted by molar-refractivity contribution is -0.118. The zero-order valence-electron chi connectivity index (χ0n) is 13.8. The van der Waals surface area contributed by atoms with Gasteiger partial charge >= 0.3 is 0 Å². The molecule has 0 spiro atoms. The number of benzene rings is 2. The van der Waals surface area contributed by atoms with Crippen LogP contribution >= 0.6 is 11.8 Å². The number of methoxy groups -OCH3 is 1. The Morgan fingerprint density at radius 3 is 2.60 bits per heavy atom. The van der Waals surface area contributed by atoms with E-state index in [1.54, 1.807) is 43.5 Å². The first-order valence-corrected chi connectivity index (χ1v) is 8.63. The number of ether oxygens (including phenoxy) is 1. The molecule has 0 radical (unpaired) electrons. The van der Waals surface area contributed by atoms with Crippen molar-refractivity contribution in [2.45, 2.75) is 4.90 Å². The maximum atomic E-state index is 13.7. The molecule has 0 saturated carbocycles. The van der Waals surface area contributed by atoms with Crippen molar-refractivity contribution in [2.75, 3.05) is 31.3 Å². The van der Waals surface area contributed by atoms with Crippen molar-refractivity contribution in [2.24, 2.45) is 0 Å². The van der Waals surface area contributed by atoms with Crippen molar-refractivity contribution in [3.8, 4) is 0 Å². The number of thioether (sulfide) groups is 1. The van der Waals surface area contributed by atoms with Gasteiger partial charge in [-0.3, -0.25) is 9.59 Å². The Kier molecular flexibility index (Phi) is 7.43. The predicted octanol–water partition coefficient (Wildman–Crippen LogP) is 2.93. The number of para-hydroxylation sites is 1. The fraction of sp³-hybridized carbons (Fsp3) is 0.222. The van der Waals surface area contributed by atoms with E-state index in [1.807, 2.05) is 0 Å². The summed E-state index contributed by atoms with van der Waals surface area (Å²) in [5.41, 5.74) is 0.505. The first-order valence-electron chi connectivity index (χ1n) is 7.65. The summed E-state index contributed by atoms with van der Waals surface area (Å²) in [5, 5.41) is 5.27. The number of amides is 2. The number of anilines is 1. The SMILES string of the molecule is COCCNC(=O)CSc1ccccc1C(=O)Nc1ccccc1F. The highest BCUT2D eigenvalue weighted by atomic mass is 32.2. The van der Waals surface area contributed by atoms with Gasteiger partial charge in [-0.05, 0) is 24.3 Å². The molecule has 0 bridgehead atoms. The van der Waals surface area contributed by atoms with E-state index in [0.717, 1.165) is 0 Å². The van der Waals surface area contributed by atoms with Crippen LogP contribution in [0.3, 0.4) is 0 Å². The molecule has 0 unspecified atom stereocenters. The molecule has 2 N–H and O–H groups in total. The Morgan fingerprint density at radius 1 is 1.12 bits per heavy atom. The fourth-order valence-electron chi connectivity index (χ4n) is 2.02. The molecule has 0 heterocycles. The third-order valence-corrected chi connectivity index (χ3v) is 4.31. The third kappa shape index (κ3) is 5.88. The number of rotatable bonds is 8. The lowest BCUT2D eigenvalue weighted by Crippen LogP contribution is -2.28. The van der Waals surface area contributed by atoms with Gasteiger partial charge in [-0.25, -0.2) is 4.39 Å². The van der Waals surface area contributed by atoms with Crippen molar-refractivity contribution in [3.05, 3.63) is 59.9 Å². The van der Waals surface area contributed by atoms with Gasteiger partial charge in [0.1, 0.15) is 5.82 Å². The molecule has 0 fully saturated rings. The van der Waals surface area contributed by atoms with E-state index in [-0.39, 0.29) is 17.3 Å². The molecular weight excluding hydrogens is 343 g/mol. The molecule has 0 saturated heterocycles. The van der Waals surface area contributed by atoms with Crippen molar-refractivity contribution in [1.29, 1.82) is 0 Å². The molecule has 25 heavy (non-hydrogen) atoms. The third-order valence-electron chi connectivity index (χ3n) is 3.24. The van der Waals surface area contributed by atoms with Crippen LogP contribution in [0.4, 0.5) is 10.1 Å². The highest BCUT2D eigenvalue weighted by molar-refractivity contribution is 8.00. The van der Waals surface area contributed by atoms with Crippen LogP contribution in [0.2, 0.25) is 0 Å². The highest BCUT2D eigenvalue weighted by Crippen LogP contribution is 2.24. The number of halogens is 1. The van der Waals surface area contributed by atoms with E-state index < -0.39 is 11.7 Å². The molecule has 2 amide bonds. The maximum Gasteiger partial charge on any atom is 0.256 e. The predicted molar refractivity (Wildman–Crippen MR) is 96.4 cm³/mol. The van der Waals surface area contributed by atoms with Gasteiger partial charge in [0.2, 0.25) is 5.91 Å². The second-order valence-electron chi connectivity index (χ2n) is 5.06. The fourth-order valence-corrected chi connectivity index (χ4v) is 2.90. The summed E-state index contributed by atoms with van der Waals surface area (Å²) in [6.45, 7) is 0.878. The molecule has 7 heteroatoms. The van der Waals surface area contributed by atoms with Gasteiger partial charge in [0.15, 0.2) is 0 Å². The first-order chi connectivity index (χ1) is 12.1. The van der Waals surface area contributed by atoms with Crippen LogP contribution < -0.4 is 10.6 Å². The first kappa shape index (κ1) is 19.0. The van der Waals surface area contributed by atoms with E-state index in [1.165, 1.54) is 23.9 Å². The van der Waals surface area contributed by atoms with E-state index >= 15 is 0 Å². The van der Waals surface area contributed by atoms with Crippen molar-refractivity contribution in [3.63, 3.8) is 0 Å². The molecule has 2 rings (SSSR count). The summed E-state index contributed by atoms with van der Waals surface area (Å²) < 4.78 is 18.6. The maximum absolute atomic E-state index is 13.7. The lowest BCUT2D eigenvalue weighted by atomic mass is 10.2. The van der Waals surface area contributed by atoms with Gasteiger partial charge in [-0.15, -0.1) is 11.8 Å². The monoisotopic (exact) mass is 362 g/mol. The van der Waals surface area contributed by atoms with Gasteiger partial charge < -0.3 is 15.4 Å². The van der Waals surface area contributed by atoms with Crippen LogP contribution in [0.25, 0.3) is 0 Å². The quantitative estimate of drug-likeness (QED) is 0.560.